The molecule has 0 atom stereocenters. The number of hydrogen-bond donors (Lipinski definition) is 0. The van der Waals surface area contributed by atoms with Crippen LogP contribution in [0.1, 0.15) is 30.5 Å². The number of carbonyl (C=O) groups is 2. The molecule has 1 aliphatic rings. The average Bonchev–Trinajstić information content (AvgIpc) is 3.02. The van der Waals surface area contributed by atoms with E-state index in [9.17, 15) is 9.59 Å². The predicted octanol–water partition coefficient (Wildman–Crippen LogP) is 3.91. The molecule has 144 valence electrons. The highest BCUT2D eigenvalue weighted by Gasteiger charge is 2.25. The summed E-state index contributed by atoms with van der Waals surface area (Å²) in [6.45, 7) is 5.42. The Bertz CT molecular complexity index is 988. The van der Waals surface area contributed by atoms with E-state index in [-0.39, 0.29) is 29.2 Å². The second-order valence-electron chi connectivity index (χ2n) is 6.64. The second-order valence-corrected chi connectivity index (χ2v) is 6.64. The van der Waals surface area contributed by atoms with Gasteiger partial charge >= 0.3 is 11.9 Å². The summed E-state index contributed by atoms with van der Waals surface area (Å²) in [7, 11) is 1.49. The summed E-state index contributed by atoms with van der Waals surface area (Å²) < 4.78 is 16.0. The number of cyclic esters (lactones) is 1. The van der Waals surface area contributed by atoms with Crippen molar-refractivity contribution in [3.63, 3.8) is 0 Å². The Balaban J connectivity index is 1.93. The van der Waals surface area contributed by atoms with Gasteiger partial charge in [0.1, 0.15) is 0 Å². The minimum absolute atomic E-state index is 0.171. The summed E-state index contributed by atoms with van der Waals surface area (Å²) in [5.74, 6) is -0.204. The van der Waals surface area contributed by atoms with Crippen LogP contribution in [0.25, 0.3) is 6.08 Å². The summed E-state index contributed by atoms with van der Waals surface area (Å²) in [4.78, 5) is 28.5. The van der Waals surface area contributed by atoms with Crippen LogP contribution in [0, 0.1) is 12.8 Å². The molecule has 0 N–H and O–H groups in total. The highest BCUT2D eigenvalue weighted by molar-refractivity contribution is 6.13. The smallest absolute Gasteiger partial charge is 0.363 e. The standard InChI is InChI=1S/C22H21NO5/c1-13(2)21(24)27-19-12-15(9-10-18(19)26-4)11-17-22(25)28-20(23-17)16-8-6-5-7-14(16)3/h5-13H,1-4H3/b17-11-. The minimum atomic E-state index is -0.533. The van der Waals surface area contributed by atoms with Crippen molar-refractivity contribution >= 4 is 23.9 Å². The van der Waals surface area contributed by atoms with E-state index in [1.54, 1.807) is 38.1 Å². The maximum absolute atomic E-state index is 12.2. The number of benzene rings is 2. The number of nitrogens with zero attached hydrogens (tertiary/aromatic N) is 1. The SMILES string of the molecule is COc1ccc(/C=C2\N=C(c3ccccc3C)OC2=O)cc1OC(=O)C(C)C. The Morgan fingerprint density at radius 2 is 1.89 bits per heavy atom. The molecule has 0 fully saturated rings. The normalized spacial score (nSPS) is 14.8. The fourth-order valence-corrected chi connectivity index (χ4v) is 2.58. The summed E-state index contributed by atoms with van der Waals surface area (Å²) >= 11 is 0. The minimum Gasteiger partial charge on any atom is -0.493 e. The molecular weight excluding hydrogens is 358 g/mol. The number of esters is 2. The maximum atomic E-state index is 12.2. The van der Waals surface area contributed by atoms with Crippen LogP contribution >= 0.6 is 0 Å². The van der Waals surface area contributed by atoms with Gasteiger partial charge in [0.15, 0.2) is 17.2 Å². The van der Waals surface area contributed by atoms with E-state index in [1.165, 1.54) is 7.11 Å². The molecule has 1 heterocycles. The molecule has 0 saturated carbocycles. The van der Waals surface area contributed by atoms with Gasteiger partial charge in [-0.05, 0) is 42.3 Å². The van der Waals surface area contributed by atoms with Gasteiger partial charge in [0.2, 0.25) is 5.90 Å². The van der Waals surface area contributed by atoms with Gasteiger partial charge in [0.25, 0.3) is 0 Å². The van der Waals surface area contributed by atoms with Crippen LogP contribution in [-0.4, -0.2) is 24.9 Å². The van der Waals surface area contributed by atoms with Gasteiger partial charge < -0.3 is 14.2 Å². The van der Waals surface area contributed by atoms with E-state index in [2.05, 4.69) is 4.99 Å². The largest absolute Gasteiger partial charge is 0.493 e. The maximum Gasteiger partial charge on any atom is 0.363 e. The van der Waals surface area contributed by atoms with Crippen molar-refractivity contribution < 1.29 is 23.8 Å². The summed E-state index contributed by atoms with van der Waals surface area (Å²) in [5.41, 5.74) is 2.53. The number of aryl methyl sites for hydroxylation is 1. The zero-order valence-corrected chi connectivity index (χ0v) is 16.2. The molecule has 28 heavy (non-hydrogen) atoms. The first-order valence-electron chi connectivity index (χ1n) is 8.87. The van der Waals surface area contributed by atoms with E-state index in [1.807, 2.05) is 31.2 Å². The molecule has 0 saturated heterocycles. The highest BCUT2D eigenvalue weighted by atomic mass is 16.6. The predicted molar refractivity (Wildman–Crippen MR) is 105 cm³/mol. The van der Waals surface area contributed by atoms with Gasteiger partial charge in [-0.15, -0.1) is 0 Å². The van der Waals surface area contributed by atoms with E-state index in [0.29, 0.717) is 11.3 Å². The average molecular weight is 379 g/mol. The van der Waals surface area contributed by atoms with E-state index >= 15 is 0 Å². The van der Waals surface area contributed by atoms with E-state index < -0.39 is 5.97 Å². The lowest BCUT2D eigenvalue weighted by atomic mass is 10.1. The molecule has 6 heteroatoms. The van der Waals surface area contributed by atoms with Gasteiger partial charge in [0.05, 0.1) is 13.0 Å². The fraction of sp³-hybridized carbons (Fsp3) is 0.227. The quantitative estimate of drug-likeness (QED) is 0.447. The Kier molecular flexibility index (Phi) is 5.59. The van der Waals surface area contributed by atoms with Crippen LogP contribution in [0.3, 0.4) is 0 Å². The molecule has 0 aliphatic carbocycles. The van der Waals surface area contributed by atoms with Crippen molar-refractivity contribution in [2.75, 3.05) is 7.11 Å². The lowest BCUT2D eigenvalue weighted by Crippen LogP contribution is -2.15. The molecule has 0 aromatic heterocycles. The number of rotatable bonds is 5. The third-order valence-corrected chi connectivity index (χ3v) is 4.17. The first-order valence-corrected chi connectivity index (χ1v) is 8.87. The third kappa shape index (κ3) is 4.11. The number of ether oxygens (including phenoxy) is 3. The zero-order chi connectivity index (χ0) is 20.3. The van der Waals surface area contributed by atoms with Gasteiger partial charge in [-0.25, -0.2) is 9.79 Å². The van der Waals surface area contributed by atoms with Crippen molar-refractivity contribution in [3.05, 3.63) is 64.9 Å². The summed E-state index contributed by atoms with van der Waals surface area (Å²) in [6, 6.07) is 12.6. The van der Waals surface area contributed by atoms with Crippen LogP contribution in [-0.2, 0) is 14.3 Å². The van der Waals surface area contributed by atoms with Crippen LogP contribution in [0.15, 0.2) is 53.2 Å². The highest BCUT2D eigenvalue weighted by Crippen LogP contribution is 2.30. The fourth-order valence-electron chi connectivity index (χ4n) is 2.58. The van der Waals surface area contributed by atoms with Crippen LogP contribution in [0.2, 0.25) is 0 Å². The van der Waals surface area contributed by atoms with Crippen molar-refractivity contribution in [3.8, 4) is 11.5 Å². The van der Waals surface area contributed by atoms with Crippen LogP contribution in [0.4, 0.5) is 0 Å². The molecule has 0 spiro atoms. The monoisotopic (exact) mass is 379 g/mol. The first kappa shape index (κ1) is 19.4. The van der Waals surface area contributed by atoms with Gasteiger partial charge in [-0.1, -0.05) is 38.1 Å². The molecule has 2 aromatic rings. The Morgan fingerprint density at radius 3 is 2.57 bits per heavy atom. The molecule has 2 aromatic carbocycles. The number of aliphatic imine (C=N–C) groups is 1. The van der Waals surface area contributed by atoms with Gasteiger partial charge in [0, 0.05) is 5.56 Å². The topological polar surface area (TPSA) is 74.2 Å². The Labute approximate surface area is 163 Å². The lowest BCUT2D eigenvalue weighted by Gasteiger charge is -2.11. The molecular formula is C22H21NO5. The van der Waals surface area contributed by atoms with Gasteiger partial charge in [-0.3, -0.25) is 4.79 Å². The van der Waals surface area contributed by atoms with Crippen molar-refractivity contribution in [1.82, 2.24) is 0 Å². The number of hydrogen-bond acceptors (Lipinski definition) is 6. The van der Waals surface area contributed by atoms with Crippen molar-refractivity contribution in [2.45, 2.75) is 20.8 Å². The Hall–Kier alpha value is -3.41. The molecule has 0 amide bonds. The second kappa shape index (κ2) is 8.08. The van der Waals surface area contributed by atoms with Crippen LogP contribution < -0.4 is 9.47 Å². The van der Waals surface area contributed by atoms with E-state index in [0.717, 1.165) is 11.1 Å². The molecule has 0 unspecified atom stereocenters. The number of carbonyl (C=O) groups excluding carboxylic acids is 2. The molecule has 1 aliphatic heterocycles. The van der Waals surface area contributed by atoms with Crippen molar-refractivity contribution in [1.29, 1.82) is 0 Å². The summed E-state index contributed by atoms with van der Waals surface area (Å²) in [5, 5.41) is 0. The third-order valence-electron chi connectivity index (χ3n) is 4.17. The Morgan fingerprint density at radius 1 is 1.14 bits per heavy atom. The number of methoxy groups -OCH3 is 1. The first-order chi connectivity index (χ1) is 13.4. The molecule has 0 bridgehead atoms. The van der Waals surface area contributed by atoms with Gasteiger partial charge in [-0.2, -0.15) is 0 Å². The zero-order valence-electron chi connectivity index (χ0n) is 16.2. The molecule has 0 radical (unpaired) electrons. The lowest BCUT2D eigenvalue weighted by molar-refractivity contribution is -0.137. The van der Waals surface area contributed by atoms with Crippen LogP contribution in [0.5, 0.6) is 11.5 Å². The molecule has 3 rings (SSSR count). The molecule has 6 nitrogen and oxygen atoms in total. The van der Waals surface area contributed by atoms with E-state index in [4.69, 9.17) is 14.2 Å². The summed E-state index contributed by atoms with van der Waals surface area (Å²) in [6.07, 6.45) is 1.58. The van der Waals surface area contributed by atoms with Crippen molar-refractivity contribution in [2.24, 2.45) is 10.9 Å².